The van der Waals surface area contributed by atoms with Gasteiger partial charge >= 0.3 is 0 Å². The maximum Gasteiger partial charge on any atom is -0.0383 e. The van der Waals surface area contributed by atoms with Gasteiger partial charge in [-0.25, -0.2) is 0 Å². The van der Waals surface area contributed by atoms with Crippen LogP contribution in [0.1, 0.15) is 52.9 Å². The molecule has 1 saturated carbocycles. The maximum absolute atomic E-state index is 2.33. The lowest BCUT2D eigenvalue weighted by atomic mass is 10.0. The topological polar surface area (TPSA) is 0 Å². The van der Waals surface area contributed by atoms with Crippen molar-refractivity contribution in [1.82, 2.24) is 0 Å². The van der Waals surface area contributed by atoms with E-state index in [1.54, 1.807) is 0 Å². The fraction of sp³-hybridized carbons (Fsp3) is 1.00. The lowest BCUT2D eigenvalue weighted by molar-refractivity contribution is 0.505. The average molecular weight is 154 g/mol. The Balaban J connectivity index is 1.90. The van der Waals surface area contributed by atoms with Crippen LogP contribution in [-0.2, 0) is 0 Å². The highest BCUT2D eigenvalue weighted by Crippen LogP contribution is 2.44. The van der Waals surface area contributed by atoms with Crippen molar-refractivity contribution in [3.8, 4) is 0 Å². The van der Waals surface area contributed by atoms with Crippen LogP contribution >= 0.6 is 0 Å². The van der Waals surface area contributed by atoms with Gasteiger partial charge in [0.1, 0.15) is 0 Å². The van der Waals surface area contributed by atoms with Crippen molar-refractivity contribution in [2.75, 3.05) is 0 Å². The Kier molecular flexibility index (Phi) is 3.42. The van der Waals surface area contributed by atoms with E-state index >= 15 is 0 Å². The van der Waals surface area contributed by atoms with Gasteiger partial charge in [0, 0.05) is 0 Å². The summed E-state index contributed by atoms with van der Waals surface area (Å²) in [6.07, 6.45) is 7.38. The monoisotopic (exact) mass is 154 g/mol. The van der Waals surface area contributed by atoms with E-state index in [0.29, 0.717) is 0 Å². The largest absolute Gasteiger partial charge is 0.0651 e. The molecule has 1 rings (SSSR count). The minimum absolute atomic E-state index is 0.911. The number of hydrogen-bond donors (Lipinski definition) is 0. The molecule has 2 atom stereocenters. The summed E-state index contributed by atoms with van der Waals surface area (Å²) in [6, 6.07) is 0. The first-order valence-electron chi connectivity index (χ1n) is 5.24. The minimum atomic E-state index is 0.911. The Morgan fingerprint density at radius 1 is 1.27 bits per heavy atom. The second kappa shape index (κ2) is 4.13. The SMILES string of the molecule is CCC1CC1CCCC(C)C. The van der Waals surface area contributed by atoms with Gasteiger partial charge in [-0.05, 0) is 24.2 Å². The van der Waals surface area contributed by atoms with Gasteiger partial charge in [-0.3, -0.25) is 0 Å². The van der Waals surface area contributed by atoms with E-state index in [0.717, 1.165) is 17.8 Å². The second-order valence-corrected chi connectivity index (χ2v) is 4.49. The molecule has 0 aromatic heterocycles. The van der Waals surface area contributed by atoms with Gasteiger partial charge in [0.25, 0.3) is 0 Å². The molecule has 0 aromatic rings. The minimum Gasteiger partial charge on any atom is -0.0651 e. The second-order valence-electron chi connectivity index (χ2n) is 4.49. The molecular formula is C11H22. The molecule has 0 aliphatic heterocycles. The highest BCUT2D eigenvalue weighted by atomic mass is 14.4. The van der Waals surface area contributed by atoms with Crippen molar-refractivity contribution in [3.63, 3.8) is 0 Å². The van der Waals surface area contributed by atoms with Crippen LogP contribution in [0.5, 0.6) is 0 Å². The zero-order valence-corrected chi connectivity index (χ0v) is 8.27. The molecule has 1 aliphatic rings. The summed E-state index contributed by atoms with van der Waals surface area (Å²) in [5, 5.41) is 0. The Bertz CT molecular complexity index is 105. The van der Waals surface area contributed by atoms with E-state index < -0.39 is 0 Å². The molecule has 0 nitrogen and oxygen atoms in total. The van der Waals surface area contributed by atoms with Gasteiger partial charge in [0.15, 0.2) is 0 Å². The lowest BCUT2D eigenvalue weighted by Crippen LogP contribution is -1.88. The van der Waals surface area contributed by atoms with Gasteiger partial charge in [-0.15, -0.1) is 0 Å². The van der Waals surface area contributed by atoms with E-state index in [1.807, 2.05) is 0 Å². The summed E-state index contributed by atoms with van der Waals surface area (Å²) < 4.78 is 0. The van der Waals surface area contributed by atoms with Crippen LogP contribution in [0.25, 0.3) is 0 Å². The van der Waals surface area contributed by atoms with Crippen molar-refractivity contribution in [2.24, 2.45) is 17.8 Å². The average Bonchev–Trinajstić information content (AvgIpc) is 2.66. The molecule has 0 aromatic carbocycles. The van der Waals surface area contributed by atoms with E-state index in [2.05, 4.69) is 20.8 Å². The summed E-state index contributed by atoms with van der Waals surface area (Å²) in [7, 11) is 0. The first-order chi connectivity index (χ1) is 5.24. The quantitative estimate of drug-likeness (QED) is 0.564. The molecule has 0 N–H and O–H groups in total. The van der Waals surface area contributed by atoms with Crippen LogP contribution in [0.3, 0.4) is 0 Å². The third-order valence-electron chi connectivity index (χ3n) is 2.95. The van der Waals surface area contributed by atoms with E-state index in [1.165, 1.54) is 32.1 Å². The smallest absolute Gasteiger partial charge is 0.0383 e. The summed E-state index contributed by atoms with van der Waals surface area (Å²) in [6.45, 7) is 6.97. The van der Waals surface area contributed by atoms with Crippen LogP contribution in [0.2, 0.25) is 0 Å². The Hall–Kier alpha value is 0. The fourth-order valence-corrected chi connectivity index (χ4v) is 1.95. The number of hydrogen-bond acceptors (Lipinski definition) is 0. The van der Waals surface area contributed by atoms with Gasteiger partial charge in [0.2, 0.25) is 0 Å². The zero-order valence-electron chi connectivity index (χ0n) is 8.27. The van der Waals surface area contributed by atoms with Crippen LogP contribution in [-0.4, -0.2) is 0 Å². The van der Waals surface area contributed by atoms with Gasteiger partial charge in [0.05, 0.1) is 0 Å². The summed E-state index contributed by atoms with van der Waals surface area (Å²) in [4.78, 5) is 0. The van der Waals surface area contributed by atoms with E-state index in [9.17, 15) is 0 Å². The first-order valence-corrected chi connectivity index (χ1v) is 5.24. The van der Waals surface area contributed by atoms with Gasteiger partial charge in [-0.2, -0.15) is 0 Å². The maximum atomic E-state index is 2.33. The molecule has 0 amide bonds. The highest BCUT2D eigenvalue weighted by Gasteiger charge is 2.33. The third-order valence-corrected chi connectivity index (χ3v) is 2.95. The van der Waals surface area contributed by atoms with E-state index in [4.69, 9.17) is 0 Å². The summed E-state index contributed by atoms with van der Waals surface area (Å²) >= 11 is 0. The fourth-order valence-electron chi connectivity index (χ4n) is 1.95. The predicted octanol–water partition coefficient (Wildman–Crippen LogP) is 3.86. The molecule has 0 bridgehead atoms. The molecule has 0 spiro atoms. The molecule has 66 valence electrons. The molecule has 1 aliphatic carbocycles. The number of rotatable bonds is 5. The molecule has 0 heteroatoms. The molecule has 1 fully saturated rings. The van der Waals surface area contributed by atoms with E-state index in [-0.39, 0.29) is 0 Å². The Labute approximate surface area is 71.4 Å². The standard InChI is InChI=1S/C11H22/c1-4-10-8-11(10)7-5-6-9(2)3/h9-11H,4-8H2,1-3H3. The van der Waals surface area contributed by atoms with Crippen LogP contribution in [0.15, 0.2) is 0 Å². The van der Waals surface area contributed by atoms with Crippen molar-refractivity contribution >= 4 is 0 Å². The van der Waals surface area contributed by atoms with Gasteiger partial charge < -0.3 is 0 Å². The van der Waals surface area contributed by atoms with Crippen molar-refractivity contribution in [2.45, 2.75) is 52.9 Å². The Morgan fingerprint density at radius 3 is 2.45 bits per heavy atom. The lowest BCUT2D eigenvalue weighted by Gasteiger charge is -2.02. The first kappa shape index (κ1) is 9.09. The van der Waals surface area contributed by atoms with Crippen molar-refractivity contribution < 1.29 is 0 Å². The molecule has 0 saturated heterocycles. The van der Waals surface area contributed by atoms with Crippen LogP contribution in [0.4, 0.5) is 0 Å². The molecular weight excluding hydrogens is 132 g/mol. The third kappa shape index (κ3) is 3.27. The van der Waals surface area contributed by atoms with Crippen molar-refractivity contribution in [3.05, 3.63) is 0 Å². The normalized spacial score (nSPS) is 29.5. The molecule has 0 heterocycles. The van der Waals surface area contributed by atoms with Crippen LogP contribution < -0.4 is 0 Å². The van der Waals surface area contributed by atoms with Gasteiger partial charge in [-0.1, -0.05) is 46.5 Å². The predicted molar refractivity (Wildman–Crippen MR) is 50.6 cm³/mol. The molecule has 11 heavy (non-hydrogen) atoms. The van der Waals surface area contributed by atoms with Crippen molar-refractivity contribution in [1.29, 1.82) is 0 Å². The Morgan fingerprint density at radius 2 is 2.00 bits per heavy atom. The highest BCUT2D eigenvalue weighted by molar-refractivity contribution is 4.84. The van der Waals surface area contributed by atoms with Crippen LogP contribution in [0, 0.1) is 17.8 Å². The zero-order chi connectivity index (χ0) is 8.27. The molecule has 2 unspecified atom stereocenters. The molecule has 0 radical (unpaired) electrons. The summed E-state index contributed by atoms with van der Waals surface area (Å²) in [5.41, 5.74) is 0. The summed E-state index contributed by atoms with van der Waals surface area (Å²) in [5.74, 6) is 3.15.